The highest BCUT2D eigenvalue weighted by molar-refractivity contribution is 5.91. The predicted molar refractivity (Wildman–Crippen MR) is 76.3 cm³/mol. The van der Waals surface area contributed by atoms with Gasteiger partial charge in [-0.2, -0.15) is 10.5 Å². The fourth-order valence-electron chi connectivity index (χ4n) is 1.59. The standard InChI is InChI=1S/C15H10N4O2/c16-9-18-12-3-1-11(2-4-12)15(20)21-14-7-5-13(6-8-14)19-10-17/h1-8,18-19H. The number of nitrogens with one attached hydrogen (secondary N) is 2. The molecule has 2 rings (SSSR count). The van der Waals surface area contributed by atoms with Gasteiger partial charge in [-0.05, 0) is 48.5 Å². The summed E-state index contributed by atoms with van der Waals surface area (Å²) in [5.74, 6) is -0.123. The predicted octanol–water partition coefficient (Wildman–Crippen LogP) is 2.69. The molecule has 0 fully saturated rings. The van der Waals surface area contributed by atoms with Gasteiger partial charge < -0.3 is 4.74 Å². The fraction of sp³-hybridized carbons (Fsp3) is 0. The molecule has 0 aliphatic rings. The third-order valence-corrected chi connectivity index (χ3v) is 2.59. The van der Waals surface area contributed by atoms with Crippen molar-refractivity contribution in [3.63, 3.8) is 0 Å². The van der Waals surface area contributed by atoms with Crippen LogP contribution in [0.1, 0.15) is 10.4 Å². The quantitative estimate of drug-likeness (QED) is 0.386. The summed E-state index contributed by atoms with van der Waals surface area (Å²) >= 11 is 0. The Balaban J connectivity index is 2.04. The second-order valence-corrected chi connectivity index (χ2v) is 3.96. The summed E-state index contributed by atoms with van der Waals surface area (Å²) < 4.78 is 5.20. The molecular weight excluding hydrogens is 268 g/mol. The lowest BCUT2D eigenvalue weighted by atomic mass is 10.2. The maximum Gasteiger partial charge on any atom is 0.343 e. The molecule has 2 aromatic carbocycles. The van der Waals surface area contributed by atoms with Gasteiger partial charge in [0.05, 0.1) is 5.56 Å². The van der Waals surface area contributed by atoms with E-state index in [0.29, 0.717) is 22.7 Å². The Kier molecular flexibility index (Phi) is 4.37. The van der Waals surface area contributed by atoms with E-state index in [4.69, 9.17) is 15.3 Å². The van der Waals surface area contributed by atoms with Crippen molar-refractivity contribution in [2.45, 2.75) is 0 Å². The molecule has 0 radical (unpaired) electrons. The molecule has 2 aromatic rings. The third-order valence-electron chi connectivity index (χ3n) is 2.59. The maximum absolute atomic E-state index is 11.9. The Hall–Kier alpha value is -3.51. The van der Waals surface area contributed by atoms with Crippen LogP contribution in [-0.4, -0.2) is 5.97 Å². The lowest BCUT2D eigenvalue weighted by Crippen LogP contribution is -2.08. The Bertz CT molecular complexity index is 709. The highest BCUT2D eigenvalue weighted by Gasteiger charge is 2.08. The Morgan fingerprint density at radius 2 is 1.33 bits per heavy atom. The van der Waals surface area contributed by atoms with Crippen molar-refractivity contribution in [2.24, 2.45) is 0 Å². The summed E-state index contributed by atoms with van der Waals surface area (Å²) in [6.45, 7) is 0. The molecule has 6 nitrogen and oxygen atoms in total. The Labute approximate surface area is 121 Å². The van der Waals surface area contributed by atoms with E-state index in [1.807, 2.05) is 0 Å². The monoisotopic (exact) mass is 278 g/mol. The molecule has 0 saturated carbocycles. The third kappa shape index (κ3) is 3.72. The van der Waals surface area contributed by atoms with Crippen LogP contribution in [0, 0.1) is 22.9 Å². The minimum Gasteiger partial charge on any atom is -0.423 e. The number of rotatable bonds is 4. The van der Waals surface area contributed by atoms with Gasteiger partial charge in [-0.3, -0.25) is 10.6 Å². The van der Waals surface area contributed by atoms with E-state index >= 15 is 0 Å². The topological polar surface area (TPSA) is 97.9 Å². The van der Waals surface area contributed by atoms with Crippen LogP contribution in [0.2, 0.25) is 0 Å². The number of nitrogens with zero attached hydrogens (tertiary/aromatic N) is 2. The molecule has 2 N–H and O–H groups in total. The lowest BCUT2D eigenvalue weighted by molar-refractivity contribution is 0.0735. The van der Waals surface area contributed by atoms with Crippen LogP contribution in [-0.2, 0) is 0 Å². The number of carbonyl (C=O) groups excluding carboxylic acids is 1. The summed E-state index contributed by atoms with van der Waals surface area (Å²) in [6, 6.07) is 12.8. The molecule has 0 saturated heterocycles. The first-order valence-corrected chi connectivity index (χ1v) is 5.95. The molecule has 102 valence electrons. The van der Waals surface area contributed by atoms with Gasteiger partial charge in [-0.15, -0.1) is 0 Å². The van der Waals surface area contributed by atoms with E-state index in [0.717, 1.165) is 0 Å². The van der Waals surface area contributed by atoms with Crippen molar-refractivity contribution >= 4 is 17.3 Å². The van der Waals surface area contributed by atoms with Crippen LogP contribution >= 0.6 is 0 Å². The minimum absolute atomic E-state index is 0.373. The normalized spacial score (nSPS) is 9.05. The summed E-state index contributed by atoms with van der Waals surface area (Å²) in [5.41, 5.74) is 1.59. The van der Waals surface area contributed by atoms with Crippen LogP contribution in [0.25, 0.3) is 0 Å². The van der Waals surface area contributed by atoms with E-state index in [1.165, 1.54) is 0 Å². The largest absolute Gasteiger partial charge is 0.423 e. The molecule has 0 aliphatic heterocycles. The number of carbonyl (C=O) groups is 1. The zero-order valence-electron chi connectivity index (χ0n) is 10.8. The van der Waals surface area contributed by atoms with Gasteiger partial charge in [0, 0.05) is 11.4 Å². The Morgan fingerprint density at radius 1 is 0.857 bits per heavy atom. The minimum atomic E-state index is -0.500. The van der Waals surface area contributed by atoms with Gasteiger partial charge in [0.15, 0.2) is 12.4 Å². The second-order valence-electron chi connectivity index (χ2n) is 3.96. The van der Waals surface area contributed by atoms with Crippen molar-refractivity contribution in [3.8, 4) is 18.1 Å². The maximum atomic E-state index is 11.9. The average molecular weight is 278 g/mol. The number of nitriles is 2. The van der Waals surface area contributed by atoms with Crippen LogP contribution in [0.15, 0.2) is 48.5 Å². The van der Waals surface area contributed by atoms with Gasteiger partial charge >= 0.3 is 5.97 Å². The van der Waals surface area contributed by atoms with E-state index in [9.17, 15) is 4.79 Å². The number of ether oxygens (including phenoxy) is 1. The summed E-state index contributed by atoms with van der Waals surface area (Å²) in [6.07, 6.45) is 3.59. The molecule has 0 aromatic heterocycles. The smallest absolute Gasteiger partial charge is 0.343 e. The van der Waals surface area contributed by atoms with E-state index in [-0.39, 0.29) is 0 Å². The summed E-state index contributed by atoms with van der Waals surface area (Å²) in [4.78, 5) is 11.9. The number of esters is 1. The van der Waals surface area contributed by atoms with Gasteiger partial charge in [-0.1, -0.05) is 0 Å². The SMILES string of the molecule is N#CNc1ccc(OC(=O)c2ccc(NC#N)cc2)cc1. The number of anilines is 2. The molecule has 0 unspecified atom stereocenters. The average Bonchev–Trinajstić information content (AvgIpc) is 2.50. The molecular formula is C15H10N4O2. The van der Waals surface area contributed by atoms with Crippen molar-refractivity contribution in [2.75, 3.05) is 10.6 Å². The number of hydrogen-bond donors (Lipinski definition) is 2. The first-order valence-electron chi connectivity index (χ1n) is 5.95. The molecule has 21 heavy (non-hydrogen) atoms. The molecule has 0 amide bonds. The van der Waals surface area contributed by atoms with Crippen LogP contribution in [0.5, 0.6) is 5.75 Å². The zero-order valence-corrected chi connectivity index (χ0v) is 10.8. The van der Waals surface area contributed by atoms with Gasteiger partial charge in [0.2, 0.25) is 0 Å². The van der Waals surface area contributed by atoms with Crippen molar-refractivity contribution in [1.82, 2.24) is 0 Å². The van der Waals surface area contributed by atoms with Crippen LogP contribution < -0.4 is 15.4 Å². The van der Waals surface area contributed by atoms with Crippen LogP contribution in [0.4, 0.5) is 11.4 Å². The first kappa shape index (κ1) is 13.9. The van der Waals surface area contributed by atoms with E-state index in [1.54, 1.807) is 60.9 Å². The summed E-state index contributed by atoms with van der Waals surface area (Å²) in [5, 5.41) is 21.9. The molecule has 6 heteroatoms. The van der Waals surface area contributed by atoms with Crippen LogP contribution in [0.3, 0.4) is 0 Å². The van der Waals surface area contributed by atoms with E-state index in [2.05, 4.69) is 10.6 Å². The highest BCUT2D eigenvalue weighted by atomic mass is 16.5. The molecule has 0 heterocycles. The van der Waals surface area contributed by atoms with Crippen molar-refractivity contribution < 1.29 is 9.53 Å². The molecule has 0 spiro atoms. The number of benzene rings is 2. The van der Waals surface area contributed by atoms with Crippen molar-refractivity contribution in [3.05, 3.63) is 54.1 Å². The molecule has 0 aliphatic carbocycles. The fourth-order valence-corrected chi connectivity index (χ4v) is 1.59. The lowest BCUT2D eigenvalue weighted by Gasteiger charge is -2.05. The highest BCUT2D eigenvalue weighted by Crippen LogP contribution is 2.17. The molecule has 0 atom stereocenters. The van der Waals surface area contributed by atoms with Gasteiger partial charge in [0.25, 0.3) is 0 Å². The van der Waals surface area contributed by atoms with Gasteiger partial charge in [-0.25, -0.2) is 4.79 Å². The summed E-state index contributed by atoms with van der Waals surface area (Å²) in [7, 11) is 0. The Morgan fingerprint density at radius 3 is 1.81 bits per heavy atom. The van der Waals surface area contributed by atoms with Crippen molar-refractivity contribution in [1.29, 1.82) is 10.5 Å². The molecule has 0 bridgehead atoms. The van der Waals surface area contributed by atoms with Gasteiger partial charge in [0.1, 0.15) is 5.75 Å². The number of hydrogen-bond acceptors (Lipinski definition) is 6. The second kappa shape index (κ2) is 6.60. The van der Waals surface area contributed by atoms with E-state index < -0.39 is 5.97 Å². The zero-order chi connectivity index (χ0) is 15.1. The first-order chi connectivity index (χ1) is 10.2.